The maximum Gasteiger partial charge on any atom is 0.183 e. The standard InChI is InChI=1S/C16H20N2O/c1-11-5-7-14(8-6-11)18(4)10-16(19)15-9-12(2)17-13(15)3/h5-9,17H,10H2,1-4H3. The molecule has 0 amide bonds. The van der Waals surface area contributed by atoms with Gasteiger partial charge in [-0.3, -0.25) is 4.79 Å². The van der Waals surface area contributed by atoms with Crippen LogP contribution in [-0.4, -0.2) is 24.4 Å². The molecule has 0 aliphatic heterocycles. The first-order chi connectivity index (χ1) is 8.97. The molecule has 0 saturated carbocycles. The second-order valence-electron chi connectivity index (χ2n) is 5.11. The topological polar surface area (TPSA) is 36.1 Å². The maximum absolute atomic E-state index is 12.3. The van der Waals surface area contributed by atoms with E-state index >= 15 is 0 Å². The van der Waals surface area contributed by atoms with Crippen LogP contribution in [0.3, 0.4) is 0 Å². The van der Waals surface area contributed by atoms with Gasteiger partial charge in [-0.1, -0.05) is 17.7 Å². The molecule has 0 bridgehead atoms. The molecular weight excluding hydrogens is 236 g/mol. The number of aromatic amines is 1. The Morgan fingerprint density at radius 3 is 2.32 bits per heavy atom. The highest BCUT2D eigenvalue weighted by atomic mass is 16.1. The monoisotopic (exact) mass is 256 g/mol. The summed E-state index contributed by atoms with van der Waals surface area (Å²) in [4.78, 5) is 17.4. The van der Waals surface area contributed by atoms with Crippen molar-refractivity contribution in [2.75, 3.05) is 18.5 Å². The van der Waals surface area contributed by atoms with E-state index in [1.165, 1.54) is 5.56 Å². The molecule has 0 spiro atoms. The number of anilines is 1. The molecule has 2 rings (SSSR count). The number of carbonyl (C=O) groups is 1. The summed E-state index contributed by atoms with van der Waals surface area (Å²) in [6.45, 7) is 6.35. The lowest BCUT2D eigenvalue weighted by Gasteiger charge is -2.18. The van der Waals surface area contributed by atoms with E-state index in [1.807, 2.05) is 44.0 Å². The highest BCUT2D eigenvalue weighted by molar-refractivity contribution is 6.00. The van der Waals surface area contributed by atoms with Crippen LogP contribution in [0.4, 0.5) is 5.69 Å². The van der Waals surface area contributed by atoms with E-state index in [4.69, 9.17) is 0 Å². The average Bonchev–Trinajstić information content (AvgIpc) is 2.69. The fourth-order valence-electron chi connectivity index (χ4n) is 2.20. The van der Waals surface area contributed by atoms with Gasteiger partial charge in [0.05, 0.1) is 6.54 Å². The molecule has 100 valence electrons. The van der Waals surface area contributed by atoms with Gasteiger partial charge in [0.2, 0.25) is 0 Å². The SMILES string of the molecule is Cc1ccc(N(C)CC(=O)c2cc(C)[nH]c2C)cc1. The van der Waals surface area contributed by atoms with Gasteiger partial charge in [-0.05, 0) is 39.0 Å². The zero-order valence-corrected chi connectivity index (χ0v) is 11.9. The van der Waals surface area contributed by atoms with Crippen molar-refractivity contribution in [1.82, 2.24) is 4.98 Å². The normalized spacial score (nSPS) is 10.5. The van der Waals surface area contributed by atoms with E-state index in [9.17, 15) is 4.79 Å². The third-order valence-corrected chi connectivity index (χ3v) is 3.31. The summed E-state index contributed by atoms with van der Waals surface area (Å²) in [7, 11) is 1.94. The van der Waals surface area contributed by atoms with Crippen LogP contribution in [0.5, 0.6) is 0 Å². The average molecular weight is 256 g/mol. The molecule has 3 heteroatoms. The lowest BCUT2D eigenvalue weighted by molar-refractivity contribution is 0.1000. The Morgan fingerprint density at radius 1 is 1.16 bits per heavy atom. The van der Waals surface area contributed by atoms with Crippen molar-refractivity contribution >= 4 is 11.5 Å². The van der Waals surface area contributed by atoms with Crippen LogP contribution in [0.15, 0.2) is 30.3 Å². The van der Waals surface area contributed by atoms with Gasteiger partial charge in [-0.15, -0.1) is 0 Å². The van der Waals surface area contributed by atoms with E-state index in [1.54, 1.807) is 0 Å². The number of rotatable bonds is 4. The molecule has 2 aromatic rings. The molecule has 0 aliphatic rings. The number of benzene rings is 1. The van der Waals surface area contributed by atoms with Crippen molar-refractivity contribution in [1.29, 1.82) is 0 Å². The van der Waals surface area contributed by atoms with E-state index in [2.05, 4.69) is 24.0 Å². The molecular formula is C16H20N2O. The van der Waals surface area contributed by atoms with E-state index in [0.29, 0.717) is 6.54 Å². The number of Topliss-reactive ketones (excluding diaryl/α,β-unsaturated/α-hetero) is 1. The highest BCUT2D eigenvalue weighted by Crippen LogP contribution is 2.15. The van der Waals surface area contributed by atoms with Crippen molar-refractivity contribution in [2.24, 2.45) is 0 Å². The van der Waals surface area contributed by atoms with Gasteiger partial charge >= 0.3 is 0 Å². The zero-order valence-electron chi connectivity index (χ0n) is 11.9. The Bertz CT molecular complexity index is 581. The number of nitrogens with one attached hydrogen (secondary N) is 1. The van der Waals surface area contributed by atoms with Crippen molar-refractivity contribution in [2.45, 2.75) is 20.8 Å². The predicted octanol–water partition coefficient (Wildman–Crippen LogP) is 3.26. The molecule has 1 N–H and O–H groups in total. The number of aryl methyl sites for hydroxylation is 3. The first-order valence-corrected chi connectivity index (χ1v) is 6.44. The molecule has 3 nitrogen and oxygen atoms in total. The van der Waals surface area contributed by atoms with Crippen LogP contribution in [0.1, 0.15) is 27.3 Å². The molecule has 0 unspecified atom stereocenters. The first kappa shape index (κ1) is 13.4. The van der Waals surface area contributed by atoms with Crippen LogP contribution < -0.4 is 4.90 Å². The van der Waals surface area contributed by atoms with Gasteiger partial charge in [0.25, 0.3) is 0 Å². The van der Waals surface area contributed by atoms with Gasteiger partial charge in [-0.25, -0.2) is 0 Å². The van der Waals surface area contributed by atoms with Gasteiger partial charge in [0.15, 0.2) is 5.78 Å². The fourth-order valence-corrected chi connectivity index (χ4v) is 2.20. The number of nitrogens with zero attached hydrogens (tertiary/aromatic N) is 1. The van der Waals surface area contributed by atoms with Crippen molar-refractivity contribution in [3.63, 3.8) is 0 Å². The van der Waals surface area contributed by atoms with Gasteiger partial charge in [-0.2, -0.15) is 0 Å². The Balaban J connectivity index is 2.10. The molecule has 1 aromatic heterocycles. The van der Waals surface area contributed by atoms with Crippen LogP contribution in [0, 0.1) is 20.8 Å². The molecule has 1 aromatic carbocycles. The summed E-state index contributed by atoms with van der Waals surface area (Å²) in [5.41, 5.74) is 5.04. The van der Waals surface area contributed by atoms with Crippen molar-refractivity contribution in [3.05, 3.63) is 52.8 Å². The number of hydrogen-bond donors (Lipinski definition) is 1. The van der Waals surface area contributed by atoms with Crippen molar-refractivity contribution in [3.8, 4) is 0 Å². The van der Waals surface area contributed by atoms with Crippen LogP contribution in [0.25, 0.3) is 0 Å². The second-order valence-corrected chi connectivity index (χ2v) is 5.11. The Labute approximate surface area is 114 Å². The van der Waals surface area contributed by atoms with Crippen molar-refractivity contribution < 1.29 is 4.79 Å². The summed E-state index contributed by atoms with van der Waals surface area (Å²) in [6, 6.07) is 10.1. The van der Waals surface area contributed by atoms with E-state index in [-0.39, 0.29) is 5.78 Å². The number of hydrogen-bond acceptors (Lipinski definition) is 2. The lowest BCUT2D eigenvalue weighted by Crippen LogP contribution is -2.25. The first-order valence-electron chi connectivity index (χ1n) is 6.44. The second kappa shape index (κ2) is 5.31. The van der Waals surface area contributed by atoms with Gasteiger partial charge in [0.1, 0.15) is 0 Å². The van der Waals surface area contributed by atoms with Crippen LogP contribution in [-0.2, 0) is 0 Å². The zero-order chi connectivity index (χ0) is 14.0. The maximum atomic E-state index is 12.3. The molecule has 0 aliphatic carbocycles. The fraction of sp³-hybridized carbons (Fsp3) is 0.312. The third-order valence-electron chi connectivity index (χ3n) is 3.31. The third kappa shape index (κ3) is 3.05. The Kier molecular flexibility index (Phi) is 3.74. The smallest absolute Gasteiger partial charge is 0.183 e. The predicted molar refractivity (Wildman–Crippen MR) is 79.0 cm³/mol. The van der Waals surface area contributed by atoms with Gasteiger partial charge < -0.3 is 9.88 Å². The minimum atomic E-state index is 0.143. The van der Waals surface area contributed by atoms with E-state index in [0.717, 1.165) is 22.6 Å². The number of likely N-dealkylation sites (N-methyl/N-ethyl adjacent to an activating group) is 1. The highest BCUT2D eigenvalue weighted by Gasteiger charge is 2.14. The Morgan fingerprint density at radius 2 is 1.79 bits per heavy atom. The number of H-pyrrole nitrogens is 1. The number of aromatic nitrogens is 1. The molecule has 0 radical (unpaired) electrons. The van der Waals surface area contributed by atoms with Gasteiger partial charge in [0, 0.05) is 29.7 Å². The summed E-state index contributed by atoms with van der Waals surface area (Å²) < 4.78 is 0. The largest absolute Gasteiger partial charge is 0.367 e. The molecule has 0 saturated heterocycles. The minimum Gasteiger partial charge on any atom is -0.367 e. The lowest BCUT2D eigenvalue weighted by atomic mass is 10.1. The summed E-state index contributed by atoms with van der Waals surface area (Å²) in [5.74, 6) is 0.143. The quantitative estimate of drug-likeness (QED) is 0.852. The Hall–Kier alpha value is -2.03. The molecule has 19 heavy (non-hydrogen) atoms. The molecule has 0 atom stereocenters. The molecule has 1 heterocycles. The summed E-state index contributed by atoms with van der Waals surface area (Å²) in [6.07, 6.45) is 0. The minimum absolute atomic E-state index is 0.143. The number of ketones is 1. The van der Waals surface area contributed by atoms with E-state index < -0.39 is 0 Å². The van der Waals surface area contributed by atoms with Crippen LogP contribution in [0.2, 0.25) is 0 Å². The summed E-state index contributed by atoms with van der Waals surface area (Å²) >= 11 is 0. The summed E-state index contributed by atoms with van der Waals surface area (Å²) in [5, 5.41) is 0. The van der Waals surface area contributed by atoms with Crippen LogP contribution >= 0.6 is 0 Å². The number of carbonyl (C=O) groups excluding carboxylic acids is 1. The molecule has 0 fully saturated rings.